The summed E-state index contributed by atoms with van der Waals surface area (Å²) in [6.45, 7) is 3.35. The minimum absolute atomic E-state index is 0. The highest BCUT2D eigenvalue weighted by Crippen LogP contribution is 2.18. The molecule has 1 aromatic heterocycles. The van der Waals surface area contributed by atoms with Crippen LogP contribution in [0.3, 0.4) is 0 Å². The Hall–Kier alpha value is 0.390. The van der Waals surface area contributed by atoms with Crippen LogP contribution in [0.2, 0.25) is 0 Å². The summed E-state index contributed by atoms with van der Waals surface area (Å²) in [5.74, 6) is 0.487. The minimum Gasteiger partial charge on any atom is -0.383 e. The number of methoxy groups -OCH3 is 1. The first-order valence-corrected chi connectivity index (χ1v) is 7.31. The van der Waals surface area contributed by atoms with Gasteiger partial charge < -0.3 is 15.8 Å². The Morgan fingerprint density at radius 3 is 2.89 bits per heavy atom. The van der Waals surface area contributed by atoms with Crippen LogP contribution < -0.4 is 11.1 Å². The Labute approximate surface area is 143 Å². The van der Waals surface area contributed by atoms with Gasteiger partial charge in [0.1, 0.15) is 0 Å². The van der Waals surface area contributed by atoms with Gasteiger partial charge in [0.2, 0.25) is 0 Å². The maximum Gasteiger partial charge on any atom is 0.188 e. The van der Waals surface area contributed by atoms with Crippen LogP contribution in [-0.2, 0) is 11.2 Å². The lowest BCUT2D eigenvalue weighted by molar-refractivity contribution is 0.179. The zero-order valence-corrected chi connectivity index (χ0v) is 15.8. The third-order valence-corrected chi connectivity index (χ3v) is 4.03. The van der Waals surface area contributed by atoms with Gasteiger partial charge in [0.15, 0.2) is 5.96 Å². The van der Waals surface area contributed by atoms with E-state index in [4.69, 9.17) is 10.5 Å². The number of rotatable bonds is 6. The fraction of sp³-hybridized carbons (Fsp3) is 0.545. The summed E-state index contributed by atoms with van der Waals surface area (Å²) in [7, 11) is 1.67. The van der Waals surface area contributed by atoms with Gasteiger partial charge in [-0.25, -0.2) is 0 Å². The molecule has 0 radical (unpaired) electrons. The van der Waals surface area contributed by atoms with E-state index in [9.17, 15) is 0 Å². The molecule has 1 aromatic rings. The lowest BCUT2D eigenvalue weighted by Gasteiger charge is -2.12. The smallest absolute Gasteiger partial charge is 0.188 e. The van der Waals surface area contributed by atoms with Gasteiger partial charge in [0.25, 0.3) is 0 Å². The second-order valence-corrected chi connectivity index (χ2v) is 6.79. The Bertz CT molecular complexity index is 371. The minimum atomic E-state index is 0. The van der Waals surface area contributed by atoms with Crippen LogP contribution >= 0.6 is 57.9 Å². The zero-order valence-electron chi connectivity index (χ0n) is 10.5. The van der Waals surface area contributed by atoms with Crippen molar-refractivity contribution in [3.05, 3.63) is 19.9 Å². The highest BCUT2D eigenvalue weighted by atomic mass is 127. The molecule has 104 valence electrons. The molecule has 4 nitrogen and oxygen atoms in total. The van der Waals surface area contributed by atoms with E-state index in [0.717, 1.165) is 13.0 Å². The second kappa shape index (κ2) is 10.2. The summed E-state index contributed by atoms with van der Waals surface area (Å²) >= 11 is 4.12. The fourth-order valence-corrected chi connectivity index (χ4v) is 3.11. The van der Waals surface area contributed by atoms with E-state index in [1.807, 2.05) is 6.92 Å². The topological polar surface area (TPSA) is 59.6 Å². The first-order valence-electron chi connectivity index (χ1n) is 5.41. The van der Waals surface area contributed by atoms with E-state index in [1.165, 1.54) is 7.76 Å². The third-order valence-electron chi connectivity index (χ3n) is 2.08. The molecule has 1 unspecified atom stereocenters. The van der Waals surface area contributed by atoms with Gasteiger partial charge in [-0.1, -0.05) is 0 Å². The molecule has 0 saturated heterocycles. The largest absolute Gasteiger partial charge is 0.383 e. The van der Waals surface area contributed by atoms with Crippen molar-refractivity contribution in [3.8, 4) is 0 Å². The van der Waals surface area contributed by atoms with Crippen molar-refractivity contribution in [2.24, 2.45) is 10.7 Å². The molecule has 7 heteroatoms. The average molecular weight is 495 g/mol. The second-order valence-electron chi connectivity index (χ2n) is 3.72. The molecule has 1 rings (SSSR count). The van der Waals surface area contributed by atoms with Crippen molar-refractivity contribution < 1.29 is 4.74 Å². The maximum absolute atomic E-state index is 5.76. The Morgan fingerprint density at radius 1 is 1.61 bits per heavy atom. The van der Waals surface area contributed by atoms with E-state index >= 15 is 0 Å². The van der Waals surface area contributed by atoms with Crippen LogP contribution in [0.1, 0.15) is 11.8 Å². The number of ether oxygens (including phenoxy) is 1. The Morgan fingerprint density at radius 2 is 2.33 bits per heavy atom. The molecule has 3 N–H and O–H groups in total. The summed E-state index contributed by atoms with van der Waals surface area (Å²) in [5.41, 5.74) is 5.76. The van der Waals surface area contributed by atoms with E-state index in [-0.39, 0.29) is 30.0 Å². The molecule has 18 heavy (non-hydrogen) atoms. The normalized spacial score (nSPS) is 12.9. The van der Waals surface area contributed by atoms with Crippen LogP contribution in [0.4, 0.5) is 0 Å². The summed E-state index contributed by atoms with van der Waals surface area (Å²) in [6, 6.07) is 4.44. The number of nitrogens with zero attached hydrogens (tertiary/aromatic N) is 1. The lowest BCUT2D eigenvalue weighted by Crippen LogP contribution is -2.40. The van der Waals surface area contributed by atoms with Crippen molar-refractivity contribution in [2.45, 2.75) is 19.4 Å². The molecule has 0 aliphatic heterocycles. The number of thiophene rings is 1. The van der Waals surface area contributed by atoms with Gasteiger partial charge in [0, 0.05) is 31.0 Å². The number of nitrogens with two attached hydrogens (primary N) is 1. The average Bonchev–Trinajstić information content (AvgIpc) is 2.64. The van der Waals surface area contributed by atoms with Gasteiger partial charge >= 0.3 is 0 Å². The predicted octanol–water partition coefficient (Wildman–Crippen LogP) is 2.45. The fourth-order valence-electron chi connectivity index (χ4n) is 1.36. The quantitative estimate of drug-likeness (QED) is 0.363. The van der Waals surface area contributed by atoms with Gasteiger partial charge in [-0.3, -0.25) is 4.99 Å². The number of aliphatic imine (C=N–C) groups is 1. The van der Waals surface area contributed by atoms with Crippen LogP contribution in [-0.4, -0.2) is 32.3 Å². The third kappa shape index (κ3) is 7.74. The molecule has 0 aromatic carbocycles. The van der Waals surface area contributed by atoms with Gasteiger partial charge in [-0.05, 0) is 41.6 Å². The summed E-state index contributed by atoms with van der Waals surface area (Å²) in [5, 5.41) is 3.08. The number of guanidine groups is 1. The molecule has 1 atom stereocenters. The van der Waals surface area contributed by atoms with Crippen LogP contribution in [0.5, 0.6) is 0 Å². The standard InChI is InChI=1S/C11H18IN3OS.HI/c1-8(7-16-2)15-11(13)14-6-5-9-3-4-10(12)17-9;/h3-4,8H,5-7H2,1-2H3,(H3,13,14,15);1H. The maximum atomic E-state index is 5.76. The van der Waals surface area contributed by atoms with Crippen molar-refractivity contribution in [2.75, 3.05) is 20.3 Å². The Kier molecular flexibility index (Phi) is 10.4. The molecular formula is C11H19I2N3OS. The molecule has 0 aliphatic carbocycles. The van der Waals surface area contributed by atoms with E-state index in [1.54, 1.807) is 18.4 Å². The molecule has 1 heterocycles. The van der Waals surface area contributed by atoms with Gasteiger partial charge in [0.05, 0.1) is 9.49 Å². The Balaban J connectivity index is 0.00000289. The summed E-state index contributed by atoms with van der Waals surface area (Å²) in [4.78, 5) is 5.63. The van der Waals surface area contributed by atoms with E-state index in [2.05, 4.69) is 45.0 Å². The highest BCUT2D eigenvalue weighted by Gasteiger charge is 2.01. The van der Waals surface area contributed by atoms with Crippen LogP contribution in [0.25, 0.3) is 0 Å². The number of nitrogens with one attached hydrogen (secondary N) is 1. The summed E-state index contributed by atoms with van der Waals surface area (Å²) in [6.07, 6.45) is 0.939. The SMILES string of the molecule is COCC(C)NC(N)=NCCc1ccc(I)s1.I. The van der Waals surface area contributed by atoms with E-state index in [0.29, 0.717) is 12.6 Å². The van der Waals surface area contributed by atoms with E-state index < -0.39 is 0 Å². The molecule has 0 bridgehead atoms. The number of hydrogen-bond acceptors (Lipinski definition) is 3. The monoisotopic (exact) mass is 495 g/mol. The number of halogens is 2. The zero-order chi connectivity index (χ0) is 12.7. The van der Waals surface area contributed by atoms with Crippen molar-refractivity contribution >= 4 is 63.9 Å². The van der Waals surface area contributed by atoms with Crippen molar-refractivity contribution in [1.29, 1.82) is 0 Å². The lowest BCUT2D eigenvalue weighted by atomic mass is 10.3. The summed E-state index contributed by atoms with van der Waals surface area (Å²) < 4.78 is 6.32. The molecular weight excluding hydrogens is 476 g/mol. The van der Waals surface area contributed by atoms with Crippen LogP contribution in [0.15, 0.2) is 17.1 Å². The predicted molar refractivity (Wildman–Crippen MR) is 97.1 cm³/mol. The molecule has 0 spiro atoms. The van der Waals surface area contributed by atoms with Gasteiger partial charge in [-0.15, -0.1) is 35.3 Å². The molecule has 0 amide bonds. The van der Waals surface area contributed by atoms with Gasteiger partial charge in [-0.2, -0.15) is 0 Å². The first kappa shape index (κ1) is 18.4. The van der Waals surface area contributed by atoms with Crippen molar-refractivity contribution in [3.63, 3.8) is 0 Å². The van der Waals surface area contributed by atoms with Crippen LogP contribution in [0, 0.1) is 2.88 Å². The van der Waals surface area contributed by atoms with Crippen molar-refractivity contribution in [1.82, 2.24) is 5.32 Å². The first-order chi connectivity index (χ1) is 8.11. The molecule has 0 saturated carbocycles. The molecule has 0 fully saturated rings. The highest BCUT2D eigenvalue weighted by molar-refractivity contribution is 14.1. The number of hydrogen-bond donors (Lipinski definition) is 2. The molecule has 0 aliphatic rings.